The van der Waals surface area contributed by atoms with Gasteiger partial charge in [-0.1, -0.05) is 23.2 Å². The van der Waals surface area contributed by atoms with E-state index in [1.54, 1.807) is 13.8 Å². The fourth-order valence-corrected chi connectivity index (χ4v) is 3.70. The zero-order valence-electron chi connectivity index (χ0n) is 16.2. The first-order valence-corrected chi connectivity index (χ1v) is 9.52. The summed E-state index contributed by atoms with van der Waals surface area (Å²) in [4.78, 5) is 64.5. The number of nitrogens with one attached hydrogen (secondary N) is 1. The number of benzene rings is 1. The van der Waals surface area contributed by atoms with Gasteiger partial charge in [0.2, 0.25) is 5.78 Å². The monoisotopic (exact) mass is 450 g/mol. The molecule has 2 aromatic rings. The van der Waals surface area contributed by atoms with Crippen molar-refractivity contribution in [2.45, 2.75) is 20.8 Å². The summed E-state index contributed by atoms with van der Waals surface area (Å²) in [6.07, 6.45) is 0. The molecule has 1 N–H and O–H groups in total. The maximum Gasteiger partial charge on any atom is 0.326 e. The average molecular weight is 451 g/mol. The molecule has 0 fully saturated rings. The van der Waals surface area contributed by atoms with Gasteiger partial charge in [-0.3, -0.25) is 28.9 Å². The molecule has 1 aliphatic heterocycles. The topological polar surface area (TPSA) is 114 Å². The fraction of sp³-hybridized carbons (Fsp3) is 0.250. The van der Waals surface area contributed by atoms with Crippen LogP contribution in [0.4, 0.5) is 0 Å². The molecule has 2 heterocycles. The number of halogens is 2. The first-order chi connectivity index (χ1) is 14.0. The number of rotatable bonds is 6. The number of nitrogens with zero attached hydrogens (tertiary/aromatic N) is 1. The Bertz CT molecular complexity index is 1090. The minimum Gasteiger partial charge on any atom is -0.456 e. The minimum absolute atomic E-state index is 0.0347. The van der Waals surface area contributed by atoms with Crippen molar-refractivity contribution in [2.75, 3.05) is 13.2 Å². The number of esters is 1. The number of hydrogen-bond acceptors (Lipinski definition) is 6. The van der Waals surface area contributed by atoms with Crippen LogP contribution in [0.2, 0.25) is 10.0 Å². The lowest BCUT2D eigenvalue weighted by Crippen LogP contribution is -2.36. The molecule has 0 saturated heterocycles. The van der Waals surface area contributed by atoms with Gasteiger partial charge in [-0.15, -0.1) is 0 Å². The number of imide groups is 1. The first-order valence-electron chi connectivity index (χ1n) is 8.77. The minimum atomic E-state index is -0.942. The van der Waals surface area contributed by atoms with Crippen LogP contribution in [-0.2, 0) is 9.53 Å². The van der Waals surface area contributed by atoms with E-state index in [1.807, 2.05) is 0 Å². The van der Waals surface area contributed by atoms with E-state index in [-0.39, 0.29) is 32.6 Å². The summed E-state index contributed by atoms with van der Waals surface area (Å²) < 4.78 is 4.94. The number of aromatic nitrogens is 1. The number of aryl methyl sites for hydroxylation is 1. The first kappa shape index (κ1) is 21.7. The van der Waals surface area contributed by atoms with Crippen LogP contribution in [-0.4, -0.2) is 52.4 Å². The number of aromatic amines is 1. The second-order valence-electron chi connectivity index (χ2n) is 6.77. The number of fused-ring (bicyclic) bond motifs is 1. The largest absolute Gasteiger partial charge is 0.456 e. The van der Waals surface area contributed by atoms with Gasteiger partial charge in [0.15, 0.2) is 12.4 Å². The lowest BCUT2D eigenvalue weighted by atomic mass is 10.1. The molecule has 0 aliphatic carbocycles. The standard InChI is InChI=1S/C20H16Cl2N2O6/c1-8-17(10(3)25)9(2)23-18(8)15(26)7-30-16(27)6-24-19(28)11-4-13(21)14(22)5-12(11)20(24)29/h4-5,23H,6-7H2,1-3H3. The van der Waals surface area contributed by atoms with Crippen LogP contribution in [0, 0.1) is 13.8 Å². The van der Waals surface area contributed by atoms with E-state index in [2.05, 4.69) is 4.98 Å². The molecule has 2 amide bonds. The molecule has 0 spiro atoms. The smallest absolute Gasteiger partial charge is 0.326 e. The Kier molecular flexibility index (Phi) is 5.83. The van der Waals surface area contributed by atoms with Gasteiger partial charge < -0.3 is 9.72 Å². The van der Waals surface area contributed by atoms with Gasteiger partial charge in [0.05, 0.1) is 26.9 Å². The van der Waals surface area contributed by atoms with E-state index >= 15 is 0 Å². The average Bonchev–Trinajstić information content (AvgIpc) is 3.09. The van der Waals surface area contributed by atoms with E-state index < -0.39 is 36.7 Å². The Balaban J connectivity index is 1.66. The SMILES string of the molecule is CC(=O)c1c(C)[nH]c(C(=O)COC(=O)CN2C(=O)c3cc(Cl)c(Cl)cc3C2=O)c1C. The molecule has 10 heteroatoms. The van der Waals surface area contributed by atoms with E-state index in [1.165, 1.54) is 19.1 Å². The zero-order chi connectivity index (χ0) is 22.3. The maximum atomic E-state index is 12.4. The number of carbonyl (C=O) groups is 5. The van der Waals surface area contributed by atoms with Crippen LogP contribution in [0.1, 0.15) is 59.7 Å². The molecule has 30 heavy (non-hydrogen) atoms. The Morgan fingerprint density at radius 2 is 1.57 bits per heavy atom. The van der Waals surface area contributed by atoms with E-state index in [4.69, 9.17) is 27.9 Å². The molecule has 3 rings (SSSR count). The predicted octanol–water partition coefficient (Wildman–Crippen LogP) is 3.16. The van der Waals surface area contributed by atoms with Gasteiger partial charge in [-0.25, -0.2) is 0 Å². The van der Waals surface area contributed by atoms with Crippen molar-refractivity contribution < 1.29 is 28.7 Å². The summed E-state index contributed by atoms with van der Waals surface area (Å²) >= 11 is 11.8. The molecular weight excluding hydrogens is 435 g/mol. The zero-order valence-corrected chi connectivity index (χ0v) is 17.7. The highest BCUT2D eigenvalue weighted by molar-refractivity contribution is 6.43. The summed E-state index contributed by atoms with van der Waals surface area (Å²) in [6, 6.07) is 2.52. The molecule has 0 radical (unpaired) electrons. The molecule has 1 aromatic carbocycles. The van der Waals surface area contributed by atoms with Gasteiger partial charge >= 0.3 is 5.97 Å². The number of hydrogen-bond donors (Lipinski definition) is 1. The molecule has 0 unspecified atom stereocenters. The van der Waals surface area contributed by atoms with Crippen LogP contribution < -0.4 is 0 Å². The Morgan fingerprint density at radius 3 is 2.03 bits per heavy atom. The molecular formula is C20H16Cl2N2O6. The summed E-state index contributed by atoms with van der Waals surface area (Å²) in [7, 11) is 0. The molecule has 0 bridgehead atoms. The van der Waals surface area contributed by atoms with Crippen molar-refractivity contribution in [2.24, 2.45) is 0 Å². The Labute approximate surface area is 181 Å². The van der Waals surface area contributed by atoms with Crippen LogP contribution in [0.3, 0.4) is 0 Å². The second-order valence-corrected chi connectivity index (χ2v) is 7.59. The summed E-state index contributed by atoms with van der Waals surface area (Å²) in [5.74, 6) is -3.10. The number of amides is 2. The molecule has 8 nitrogen and oxygen atoms in total. The lowest BCUT2D eigenvalue weighted by molar-refractivity contribution is -0.142. The fourth-order valence-electron chi connectivity index (χ4n) is 3.38. The predicted molar refractivity (Wildman–Crippen MR) is 107 cm³/mol. The summed E-state index contributed by atoms with van der Waals surface area (Å²) in [5.41, 5.74) is 1.65. The van der Waals surface area contributed by atoms with Crippen molar-refractivity contribution in [3.8, 4) is 0 Å². The van der Waals surface area contributed by atoms with E-state index in [0.29, 0.717) is 21.7 Å². The third-order valence-electron chi connectivity index (χ3n) is 4.73. The van der Waals surface area contributed by atoms with Gasteiger partial charge in [0.1, 0.15) is 6.54 Å². The second kappa shape index (κ2) is 8.04. The van der Waals surface area contributed by atoms with Crippen LogP contribution in [0.25, 0.3) is 0 Å². The van der Waals surface area contributed by atoms with E-state index in [9.17, 15) is 24.0 Å². The van der Waals surface area contributed by atoms with Crippen LogP contribution in [0.15, 0.2) is 12.1 Å². The third kappa shape index (κ3) is 3.76. The van der Waals surface area contributed by atoms with Gasteiger partial charge in [-0.2, -0.15) is 0 Å². The highest BCUT2D eigenvalue weighted by Crippen LogP contribution is 2.31. The molecule has 0 atom stereocenters. The summed E-state index contributed by atoms with van der Waals surface area (Å²) in [5, 5.41) is 0.210. The van der Waals surface area contributed by atoms with Crippen molar-refractivity contribution in [1.29, 1.82) is 0 Å². The number of carbonyl (C=O) groups excluding carboxylic acids is 5. The maximum absolute atomic E-state index is 12.4. The Morgan fingerprint density at radius 1 is 1.03 bits per heavy atom. The normalized spacial score (nSPS) is 12.9. The number of ether oxygens (including phenoxy) is 1. The lowest BCUT2D eigenvalue weighted by Gasteiger charge is -2.12. The molecule has 0 saturated carbocycles. The molecule has 1 aliphatic rings. The van der Waals surface area contributed by atoms with Gasteiger partial charge in [0.25, 0.3) is 11.8 Å². The van der Waals surface area contributed by atoms with Gasteiger partial charge in [-0.05, 0) is 38.5 Å². The van der Waals surface area contributed by atoms with Crippen LogP contribution >= 0.6 is 23.2 Å². The van der Waals surface area contributed by atoms with Crippen molar-refractivity contribution in [3.63, 3.8) is 0 Å². The number of Topliss-reactive ketones (excluding diaryl/α,β-unsaturated/α-hetero) is 2. The third-order valence-corrected chi connectivity index (χ3v) is 5.45. The number of ketones is 2. The van der Waals surface area contributed by atoms with E-state index in [0.717, 1.165) is 0 Å². The molecule has 156 valence electrons. The van der Waals surface area contributed by atoms with Crippen molar-refractivity contribution in [1.82, 2.24) is 9.88 Å². The summed E-state index contributed by atoms with van der Waals surface area (Å²) in [6.45, 7) is 3.38. The quantitative estimate of drug-likeness (QED) is 0.410. The van der Waals surface area contributed by atoms with Gasteiger partial charge in [0, 0.05) is 11.3 Å². The molecule has 1 aromatic heterocycles. The van der Waals surface area contributed by atoms with Crippen LogP contribution in [0.5, 0.6) is 0 Å². The highest BCUT2D eigenvalue weighted by atomic mass is 35.5. The Hall–Kier alpha value is -2.97. The van der Waals surface area contributed by atoms with Crippen molar-refractivity contribution >= 4 is 52.6 Å². The highest BCUT2D eigenvalue weighted by Gasteiger charge is 2.38. The number of H-pyrrole nitrogens is 1. The van der Waals surface area contributed by atoms with Crippen molar-refractivity contribution in [3.05, 3.63) is 55.8 Å².